The van der Waals surface area contributed by atoms with Gasteiger partial charge in [0.1, 0.15) is 5.75 Å². The zero-order valence-electron chi connectivity index (χ0n) is 11.6. The van der Waals surface area contributed by atoms with E-state index < -0.39 is 0 Å². The van der Waals surface area contributed by atoms with Crippen molar-refractivity contribution >= 4 is 15.9 Å². The lowest BCUT2D eigenvalue weighted by Gasteiger charge is -2.25. The minimum absolute atomic E-state index is 0.0840. The molecule has 0 fully saturated rings. The largest absolute Gasteiger partial charge is 0.496 e. The second-order valence-corrected chi connectivity index (χ2v) is 6.87. The Morgan fingerprint density at radius 3 is 2.72 bits per heavy atom. The molecule has 1 unspecified atom stereocenters. The van der Waals surface area contributed by atoms with Gasteiger partial charge in [-0.15, -0.1) is 0 Å². The first-order valence-corrected chi connectivity index (χ1v) is 7.26. The van der Waals surface area contributed by atoms with Gasteiger partial charge in [0.05, 0.1) is 7.11 Å². The Labute approximate surface area is 118 Å². The Morgan fingerprint density at radius 1 is 1.44 bits per heavy atom. The van der Waals surface area contributed by atoms with Crippen molar-refractivity contribution in [1.29, 1.82) is 0 Å². The number of nitrogens with two attached hydrogens (primary N) is 1. The summed E-state index contributed by atoms with van der Waals surface area (Å²) in [5.74, 6) is 0.985. The molecule has 1 atom stereocenters. The highest BCUT2D eigenvalue weighted by Crippen LogP contribution is 2.44. The third-order valence-corrected chi connectivity index (χ3v) is 5.02. The highest BCUT2D eigenvalue weighted by atomic mass is 79.9. The fourth-order valence-electron chi connectivity index (χ4n) is 2.91. The van der Waals surface area contributed by atoms with Gasteiger partial charge in [0.25, 0.3) is 0 Å². The highest BCUT2D eigenvalue weighted by Gasteiger charge is 2.31. The predicted molar refractivity (Wildman–Crippen MR) is 79.1 cm³/mol. The van der Waals surface area contributed by atoms with Crippen molar-refractivity contribution in [3.05, 3.63) is 27.2 Å². The quantitative estimate of drug-likeness (QED) is 0.791. The summed E-state index contributed by atoms with van der Waals surface area (Å²) < 4.78 is 6.70. The molecule has 0 saturated heterocycles. The third-order valence-electron chi connectivity index (χ3n) is 3.97. The molecule has 0 aliphatic heterocycles. The number of aryl methyl sites for hydroxylation is 1. The van der Waals surface area contributed by atoms with Crippen LogP contribution in [-0.4, -0.2) is 7.11 Å². The number of halogens is 1. The first kappa shape index (κ1) is 13.9. The van der Waals surface area contributed by atoms with Crippen molar-refractivity contribution in [3.8, 4) is 5.75 Å². The van der Waals surface area contributed by atoms with Gasteiger partial charge < -0.3 is 10.5 Å². The van der Waals surface area contributed by atoms with Crippen molar-refractivity contribution in [1.82, 2.24) is 0 Å². The van der Waals surface area contributed by atoms with Gasteiger partial charge in [-0.1, -0.05) is 29.8 Å². The Kier molecular flexibility index (Phi) is 3.75. The molecule has 2 N–H and O–H groups in total. The Hall–Kier alpha value is -0.540. The van der Waals surface area contributed by atoms with Crippen LogP contribution >= 0.6 is 15.9 Å². The van der Waals surface area contributed by atoms with Gasteiger partial charge in [-0.25, -0.2) is 0 Å². The fraction of sp³-hybridized carbons (Fsp3) is 0.600. The van der Waals surface area contributed by atoms with Crippen LogP contribution in [0.3, 0.4) is 0 Å². The predicted octanol–water partition coefficient (Wildman–Crippen LogP) is 4.13. The molecule has 3 heteroatoms. The van der Waals surface area contributed by atoms with E-state index in [1.165, 1.54) is 16.7 Å². The number of benzene rings is 1. The Morgan fingerprint density at radius 2 is 2.11 bits per heavy atom. The van der Waals surface area contributed by atoms with E-state index in [0.717, 1.165) is 29.5 Å². The number of hydrogen-bond acceptors (Lipinski definition) is 2. The van der Waals surface area contributed by atoms with Crippen molar-refractivity contribution < 1.29 is 4.74 Å². The van der Waals surface area contributed by atoms with E-state index in [9.17, 15) is 0 Å². The lowest BCUT2D eigenvalue weighted by Crippen LogP contribution is -2.19. The van der Waals surface area contributed by atoms with Crippen LogP contribution in [-0.2, 0) is 6.42 Å². The molecule has 0 saturated carbocycles. The van der Waals surface area contributed by atoms with Crippen molar-refractivity contribution in [2.45, 2.75) is 46.1 Å². The minimum atomic E-state index is 0.0840. The normalized spacial score (nSPS) is 22.2. The molecule has 0 amide bonds. The van der Waals surface area contributed by atoms with Gasteiger partial charge in [-0.05, 0) is 48.8 Å². The van der Waals surface area contributed by atoms with Gasteiger partial charge >= 0.3 is 0 Å². The average molecular weight is 312 g/mol. The van der Waals surface area contributed by atoms with E-state index in [1.807, 2.05) is 0 Å². The lowest BCUT2D eigenvalue weighted by molar-refractivity contribution is 0.293. The molecule has 0 radical (unpaired) electrons. The second kappa shape index (κ2) is 4.86. The molecule has 0 aromatic heterocycles. The van der Waals surface area contributed by atoms with Gasteiger partial charge in [-0.3, -0.25) is 0 Å². The summed E-state index contributed by atoms with van der Waals surface area (Å²) in [6.45, 7) is 6.69. The number of ether oxygens (including phenoxy) is 1. The molecule has 2 rings (SSSR count). The molecule has 1 aromatic carbocycles. The average Bonchev–Trinajstić information content (AvgIpc) is 2.40. The minimum Gasteiger partial charge on any atom is -0.496 e. The summed E-state index contributed by atoms with van der Waals surface area (Å²) >= 11 is 3.71. The standard InChI is InChI=1S/C15H22BrNO/c1-9-7-12(18-4)10-5-6-15(2,3)8-11(17)13(10)14(9)16/h7,11H,5-6,8,17H2,1-4H3. The lowest BCUT2D eigenvalue weighted by atomic mass is 9.83. The summed E-state index contributed by atoms with van der Waals surface area (Å²) in [4.78, 5) is 0. The van der Waals surface area contributed by atoms with Gasteiger partial charge in [0.2, 0.25) is 0 Å². The Balaban J connectivity index is 2.60. The van der Waals surface area contributed by atoms with E-state index >= 15 is 0 Å². The topological polar surface area (TPSA) is 35.2 Å². The number of rotatable bonds is 1. The molecular weight excluding hydrogens is 290 g/mol. The third kappa shape index (κ3) is 2.43. The maximum absolute atomic E-state index is 6.43. The van der Waals surface area contributed by atoms with Gasteiger partial charge in [0.15, 0.2) is 0 Å². The monoisotopic (exact) mass is 311 g/mol. The van der Waals surface area contributed by atoms with E-state index in [4.69, 9.17) is 10.5 Å². The number of fused-ring (bicyclic) bond motifs is 1. The second-order valence-electron chi connectivity index (χ2n) is 6.08. The maximum Gasteiger partial charge on any atom is 0.122 e. The van der Waals surface area contributed by atoms with Crippen LogP contribution < -0.4 is 10.5 Å². The zero-order chi connectivity index (χ0) is 13.5. The number of methoxy groups -OCH3 is 1. The molecule has 0 heterocycles. The molecule has 1 aliphatic rings. The molecule has 2 nitrogen and oxygen atoms in total. The molecular formula is C15H22BrNO. The van der Waals surface area contributed by atoms with E-state index in [2.05, 4.69) is 42.8 Å². The highest BCUT2D eigenvalue weighted by molar-refractivity contribution is 9.10. The summed E-state index contributed by atoms with van der Waals surface area (Å²) in [5, 5.41) is 0. The van der Waals surface area contributed by atoms with Crippen LogP contribution in [0.5, 0.6) is 5.75 Å². The Bertz CT molecular complexity index is 468. The van der Waals surface area contributed by atoms with Gasteiger partial charge in [-0.2, -0.15) is 0 Å². The SMILES string of the molecule is COc1cc(C)c(Br)c2c1CCC(C)(C)CC2N. The van der Waals surface area contributed by atoms with Crippen LogP contribution in [0.25, 0.3) is 0 Å². The van der Waals surface area contributed by atoms with Crippen LogP contribution in [0.1, 0.15) is 49.4 Å². The van der Waals surface area contributed by atoms with Crippen molar-refractivity contribution in [3.63, 3.8) is 0 Å². The summed E-state index contributed by atoms with van der Waals surface area (Å²) in [5.41, 5.74) is 10.4. The van der Waals surface area contributed by atoms with Crippen LogP contribution in [0, 0.1) is 12.3 Å². The van der Waals surface area contributed by atoms with E-state index in [0.29, 0.717) is 0 Å². The van der Waals surface area contributed by atoms with Gasteiger partial charge in [0, 0.05) is 16.1 Å². The first-order chi connectivity index (χ1) is 8.35. The van der Waals surface area contributed by atoms with Crippen molar-refractivity contribution in [2.75, 3.05) is 7.11 Å². The zero-order valence-corrected chi connectivity index (χ0v) is 13.2. The van der Waals surface area contributed by atoms with Crippen LogP contribution in [0.15, 0.2) is 10.5 Å². The number of hydrogen-bond donors (Lipinski definition) is 1. The van der Waals surface area contributed by atoms with E-state index in [1.54, 1.807) is 7.11 Å². The first-order valence-electron chi connectivity index (χ1n) is 6.47. The molecule has 0 bridgehead atoms. The molecule has 1 aliphatic carbocycles. The van der Waals surface area contributed by atoms with E-state index in [-0.39, 0.29) is 11.5 Å². The summed E-state index contributed by atoms with van der Waals surface area (Å²) in [6, 6.07) is 2.19. The molecule has 1 aromatic rings. The molecule has 0 spiro atoms. The summed E-state index contributed by atoms with van der Waals surface area (Å²) in [7, 11) is 1.74. The summed E-state index contributed by atoms with van der Waals surface area (Å²) in [6.07, 6.45) is 3.21. The maximum atomic E-state index is 6.43. The smallest absolute Gasteiger partial charge is 0.122 e. The van der Waals surface area contributed by atoms with Crippen LogP contribution in [0.2, 0.25) is 0 Å². The molecule has 100 valence electrons. The van der Waals surface area contributed by atoms with Crippen LogP contribution in [0.4, 0.5) is 0 Å². The van der Waals surface area contributed by atoms with Crippen molar-refractivity contribution in [2.24, 2.45) is 11.1 Å². The molecule has 18 heavy (non-hydrogen) atoms. The fourth-order valence-corrected chi connectivity index (χ4v) is 3.56.